The Labute approximate surface area is 189 Å². The Morgan fingerprint density at radius 2 is 1.58 bits per heavy atom. The Kier molecular flexibility index (Phi) is 8.01. The van der Waals surface area contributed by atoms with Crippen molar-refractivity contribution in [1.82, 2.24) is 5.32 Å². The number of anilines is 1. The van der Waals surface area contributed by atoms with Crippen LogP contribution in [0.3, 0.4) is 0 Å². The highest BCUT2D eigenvalue weighted by Crippen LogP contribution is 2.33. The fraction of sp³-hybridized carbons (Fsp3) is 0.269. The molecule has 3 rings (SSSR count). The van der Waals surface area contributed by atoms with Crippen LogP contribution in [0.25, 0.3) is 0 Å². The van der Waals surface area contributed by atoms with E-state index in [2.05, 4.69) is 55.7 Å². The highest BCUT2D eigenvalue weighted by molar-refractivity contribution is 7.99. The van der Waals surface area contributed by atoms with Gasteiger partial charge in [0.1, 0.15) is 5.75 Å². The summed E-state index contributed by atoms with van der Waals surface area (Å²) in [6.45, 7) is 7.67. The first-order chi connectivity index (χ1) is 14.9. The lowest BCUT2D eigenvalue weighted by molar-refractivity contribution is 0.250. The molecule has 0 saturated heterocycles. The molecule has 5 heteroatoms. The summed E-state index contributed by atoms with van der Waals surface area (Å²) in [5.41, 5.74) is 2.21. The van der Waals surface area contributed by atoms with Gasteiger partial charge in [0.2, 0.25) is 0 Å². The molecule has 31 heavy (non-hydrogen) atoms. The van der Waals surface area contributed by atoms with Gasteiger partial charge >= 0.3 is 6.03 Å². The minimum absolute atomic E-state index is 0.133. The summed E-state index contributed by atoms with van der Waals surface area (Å²) < 4.78 is 5.78. The van der Waals surface area contributed by atoms with E-state index in [1.165, 1.54) is 5.56 Å². The maximum atomic E-state index is 12.3. The van der Waals surface area contributed by atoms with Crippen molar-refractivity contribution in [2.45, 2.75) is 42.4 Å². The smallest absolute Gasteiger partial charge is 0.319 e. The molecule has 2 N–H and O–H groups in total. The maximum absolute atomic E-state index is 12.3. The van der Waals surface area contributed by atoms with Crippen LogP contribution in [-0.2, 0) is 5.41 Å². The summed E-state index contributed by atoms with van der Waals surface area (Å²) in [6, 6.07) is 25.9. The van der Waals surface area contributed by atoms with E-state index in [0.717, 1.165) is 27.6 Å². The van der Waals surface area contributed by atoms with Gasteiger partial charge in [-0.3, -0.25) is 0 Å². The molecule has 0 saturated carbocycles. The highest BCUT2D eigenvalue weighted by Gasteiger charge is 2.13. The van der Waals surface area contributed by atoms with Crippen molar-refractivity contribution >= 4 is 23.5 Å². The van der Waals surface area contributed by atoms with Crippen LogP contribution < -0.4 is 15.4 Å². The Balaban J connectivity index is 1.41. The number of nitrogens with one attached hydrogen (secondary N) is 2. The standard InChI is InChI=1S/C26H30N2O2S/c1-26(2,3)20-14-16-21(17-15-20)30-19-9-18-27-25(29)28-23-12-7-8-13-24(23)31-22-10-5-4-6-11-22/h4-8,10-17H,9,18-19H2,1-3H3,(H2,27,28,29). The van der Waals surface area contributed by atoms with E-state index in [1.807, 2.05) is 54.6 Å². The second kappa shape index (κ2) is 10.9. The van der Waals surface area contributed by atoms with Crippen molar-refractivity contribution in [1.29, 1.82) is 0 Å². The van der Waals surface area contributed by atoms with Crippen LogP contribution in [0.5, 0.6) is 5.75 Å². The van der Waals surface area contributed by atoms with Gasteiger partial charge < -0.3 is 15.4 Å². The second-order valence-corrected chi connectivity index (χ2v) is 9.38. The molecule has 4 nitrogen and oxygen atoms in total. The molecular weight excluding hydrogens is 404 g/mol. The predicted octanol–water partition coefficient (Wildman–Crippen LogP) is 6.73. The molecule has 0 fully saturated rings. The number of carbonyl (C=O) groups excluding carboxylic acids is 1. The van der Waals surface area contributed by atoms with E-state index in [-0.39, 0.29) is 11.4 Å². The van der Waals surface area contributed by atoms with Crippen LogP contribution in [0.4, 0.5) is 10.5 Å². The normalized spacial score (nSPS) is 11.1. The summed E-state index contributed by atoms with van der Waals surface area (Å²) in [5.74, 6) is 0.851. The van der Waals surface area contributed by atoms with Gasteiger partial charge in [-0.1, -0.05) is 75.0 Å². The fourth-order valence-electron chi connectivity index (χ4n) is 2.96. The third kappa shape index (κ3) is 7.37. The molecule has 0 radical (unpaired) electrons. The Bertz CT molecular complexity index is 967. The number of urea groups is 1. The lowest BCUT2D eigenvalue weighted by Crippen LogP contribution is -2.30. The molecule has 0 unspecified atom stereocenters. The molecular formula is C26H30N2O2S. The van der Waals surface area contributed by atoms with Gasteiger partial charge in [0.25, 0.3) is 0 Å². The fourth-order valence-corrected chi connectivity index (χ4v) is 3.88. The van der Waals surface area contributed by atoms with Crippen LogP contribution in [-0.4, -0.2) is 19.2 Å². The van der Waals surface area contributed by atoms with Crippen molar-refractivity contribution in [3.05, 3.63) is 84.4 Å². The molecule has 3 aromatic carbocycles. The lowest BCUT2D eigenvalue weighted by atomic mass is 9.87. The molecule has 0 atom stereocenters. The Morgan fingerprint density at radius 1 is 0.903 bits per heavy atom. The molecule has 0 aromatic heterocycles. The number of hydrogen-bond acceptors (Lipinski definition) is 3. The first kappa shape index (κ1) is 22.8. The van der Waals surface area contributed by atoms with Crippen molar-refractivity contribution in [3.63, 3.8) is 0 Å². The molecule has 0 heterocycles. The van der Waals surface area contributed by atoms with E-state index in [1.54, 1.807) is 11.8 Å². The molecule has 0 aliphatic rings. The number of amides is 2. The van der Waals surface area contributed by atoms with Crippen molar-refractivity contribution in [3.8, 4) is 5.75 Å². The van der Waals surface area contributed by atoms with Crippen molar-refractivity contribution < 1.29 is 9.53 Å². The summed E-state index contributed by atoms with van der Waals surface area (Å²) in [4.78, 5) is 14.4. The average molecular weight is 435 g/mol. The summed E-state index contributed by atoms with van der Waals surface area (Å²) >= 11 is 1.63. The van der Waals surface area contributed by atoms with Gasteiger partial charge in [0.15, 0.2) is 0 Å². The van der Waals surface area contributed by atoms with E-state index in [9.17, 15) is 4.79 Å². The topological polar surface area (TPSA) is 50.4 Å². The van der Waals surface area contributed by atoms with Crippen molar-refractivity contribution in [2.75, 3.05) is 18.5 Å². The summed E-state index contributed by atoms with van der Waals surface area (Å²) in [6.07, 6.45) is 0.731. The van der Waals surface area contributed by atoms with E-state index in [0.29, 0.717) is 13.2 Å². The number of benzene rings is 3. The van der Waals surface area contributed by atoms with Gasteiger partial charge in [-0.05, 0) is 53.8 Å². The third-order valence-electron chi connectivity index (χ3n) is 4.70. The van der Waals surface area contributed by atoms with Crippen LogP contribution in [0, 0.1) is 0 Å². The first-order valence-corrected chi connectivity index (χ1v) is 11.3. The Morgan fingerprint density at radius 3 is 2.29 bits per heavy atom. The molecule has 3 aromatic rings. The van der Waals surface area contributed by atoms with Crippen LogP contribution >= 0.6 is 11.8 Å². The number of para-hydroxylation sites is 1. The molecule has 0 aliphatic heterocycles. The molecule has 0 bridgehead atoms. The first-order valence-electron chi connectivity index (χ1n) is 10.5. The van der Waals surface area contributed by atoms with E-state index >= 15 is 0 Å². The second-order valence-electron chi connectivity index (χ2n) is 8.27. The summed E-state index contributed by atoms with van der Waals surface area (Å²) in [7, 11) is 0. The quantitative estimate of drug-likeness (QED) is 0.387. The third-order valence-corrected chi connectivity index (χ3v) is 5.79. The summed E-state index contributed by atoms with van der Waals surface area (Å²) in [5, 5.41) is 5.85. The van der Waals surface area contributed by atoms with E-state index in [4.69, 9.17) is 4.74 Å². The minimum Gasteiger partial charge on any atom is -0.494 e. The SMILES string of the molecule is CC(C)(C)c1ccc(OCCCNC(=O)Nc2ccccc2Sc2ccccc2)cc1. The molecule has 162 valence electrons. The van der Waals surface area contributed by atoms with Gasteiger partial charge in [-0.15, -0.1) is 0 Å². The molecule has 0 spiro atoms. The largest absolute Gasteiger partial charge is 0.494 e. The van der Waals surface area contributed by atoms with Gasteiger partial charge in [0, 0.05) is 16.3 Å². The highest BCUT2D eigenvalue weighted by atomic mass is 32.2. The Hall–Kier alpha value is -2.92. The van der Waals surface area contributed by atoms with Crippen molar-refractivity contribution in [2.24, 2.45) is 0 Å². The zero-order chi connectivity index (χ0) is 22.1. The maximum Gasteiger partial charge on any atom is 0.319 e. The predicted molar refractivity (Wildman–Crippen MR) is 129 cm³/mol. The number of carbonyl (C=O) groups is 1. The molecule has 0 aliphatic carbocycles. The minimum atomic E-state index is -0.212. The van der Waals surface area contributed by atoms with Gasteiger partial charge in [-0.2, -0.15) is 0 Å². The van der Waals surface area contributed by atoms with Crippen LogP contribution in [0.2, 0.25) is 0 Å². The number of hydrogen-bond donors (Lipinski definition) is 2. The zero-order valence-electron chi connectivity index (χ0n) is 18.4. The van der Waals surface area contributed by atoms with Gasteiger partial charge in [0.05, 0.1) is 12.3 Å². The average Bonchev–Trinajstić information content (AvgIpc) is 2.75. The lowest BCUT2D eigenvalue weighted by Gasteiger charge is -2.19. The number of ether oxygens (including phenoxy) is 1. The number of rotatable bonds is 8. The van der Waals surface area contributed by atoms with Gasteiger partial charge in [-0.25, -0.2) is 4.79 Å². The zero-order valence-corrected chi connectivity index (χ0v) is 19.2. The van der Waals surface area contributed by atoms with E-state index < -0.39 is 0 Å². The molecule has 2 amide bonds. The monoisotopic (exact) mass is 434 g/mol. The van der Waals surface area contributed by atoms with Crippen LogP contribution in [0.15, 0.2) is 88.7 Å². The van der Waals surface area contributed by atoms with Crippen LogP contribution in [0.1, 0.15) is 32.8 Å².